The molecule has 1 aromatic heterocycles. The Labute approximate surface area is 208 Å². The van der Waals surface area contributed by atoms with Crippen LogP contribution in [0.15, 0.2) is 22.4 Å². The van der Waals surface area contributed by atoms with E-state index in [0.29, 0.717) is 26.7 Å². The van der Waals surface area contributed by atoms with Crippen molar-refractivity contribution in [2.45, 2.75) is 48.0 Å². The zero-order valence-electron chi connectivity index (χ0n) is 21.6. The normalized spacial score (nSPS) is 11.4. The SMILES string of the molecule is CCCN(CC[N+](CC)(CC)CC)c1cc(C)c(/N=N/c2sc(C#N)c(C)c2C#N)cc1OC. The van der Waals surface area contributed by atoms with Gasteiger partial charge in [0.2, 0.25) is 0 Å². The van der Waals surface area contributed by atoms with E-state index in [-0.39, 0.29) is 0 Å². The number of aryl methyl sites for hydroxylation is 1. The summed E-state index contributed by atoms with van der Waals surface area (Å²) in [4.78, 5) is 2.90. The molecular formula is C26H37N6OS+. The molecule has 0 bridgehead atoms. The quantitative estimate of drug-likeness (QED) is 0.252. The summed E-state index contributed by atoms with van der Waals surface area (Å²) in [5.41, 5.74) is 3.80. The second-order valence-corrected chi connectivity index (χ2v) is 9.47. The summed E-state index contributed by atoms with van der Waals surface area (Å²) in [5, 5.41) is 28.0. The lowest BCUT2D eigenvalue weighted by Gasteiger charge is -2.38. The molecule has 8 heteroatoms. The monoisotopic (exact) mass is 481 g/mol. The number of quaternary nitrogens is 1. The highest BCUT2D eigenvalue weighted by molar-refractivity contribution is 7.16. The molecule has 34 heavy (non-hydrogen) atoms. The van der Waals surface area contributed by atoms with Crippen molar-refractivity contribution in [1.82, 2.24) is 0 Å². The van der Waals surface area contributed by atoms with Gasteiger partial charge in [0, 0.05) is 12.6 Å². The standard InChI is InChI=1S/C26H37N6OS/c1-8-12-31(13-14-32(9-2,10-3)11-4)23-15-19(5)22(16-24(23)33-7)29-30-26-21(17-27)20(6)25(18-28)34-26/h15-16H,8-14H2,1-7H3/q+1/b30-29+. The van der Waals surface area contributed by atoms with Gasteiger partial charge in [-0.05, 0) is 58.2 Å². The summed E-state index contributed by atoms with van der Waals surface area (Å²) in [6, 6.07) is 8.30. The van der Waals surface area contributed by atoms with Gasteiger partial charge in [0.15, 0.2) is 5.00 Å². The Morgan fingerprint density at radius 1 is 1.00 bits per heavy atom. The summed E-state index contributed by atoms with van der Waals surface area (Å²) >= 11 is 1.19. The van der Waals surface area contributed by atoms with Gasteiger partial charge in [-0.1, -0.05) is 6.92 Å². The average Bonchev–Trinajstić information content (AvgIpc) is 3.17. The van der Waals surface area contributed by atoms with Crippen LogP contribution in [0.3, 0.4) is 0 Å². The zero-order chi connectivity index (χ0) is 25.3. The topological polar surface area (TPSA) is 84.8 Å². The minimum absolute atomic E-state index is 0.407. The number of hydrogen-bond acceptors (Lipinski definition) is 7. The third kappa shape index (κ3) is 5.94. The minimum Gasteiger partial charge on any atom is -0.495 e. The fraction of sp³-hybridized carbons (Fsp3) is 0.538. The number of ether oxygens (including phenoxy) is 1. The average molecular weight is 482 g/mol. The molecule has 0 aliphatic heterocycles. The Hall–Kier alpha value is -2.94. The van der Waals surface area contributed by atoms with E-state index in [4.69, 9.17) is 4.74 Å². The molecule has 0 atom stereocenters. The van der Waals surface area contributed by atoms with Crippen LogP contribution in [-0.2, 0) is 0 Å². The van der Waals surface area contributed by atoms with Gasteiger partial charge in [-0.2, -0.15) is 10.5 Å². The smallest absolute Gasteiger partial charge is 0.158 e. The molecule has 7 nitrogen and oxygen atoms in total. The van der Waals surface area contributed by atoms with Gasteiger partial charge in [-0.3, -0.25) is 0 Å². The molecule has 1 aromatic carbocycles. The first-order valence-electron chi connectivity index (χ1n) is 12.0. The van der Waals surface area contributed by atoms with Gasteiger partial charge in [-0.25, -0.2) is 0 Å². The maximum Gasteiger partial charge on any atom is 0.158 e. The van der Waals surface area contributed by atoms with Crippen LogP contribution in [0.2, 0.25) is 0 Å². The molecule has 0 radical (unpaired) electrons. The third-order valence-corrected chi connectivity index (χ3v) is 7.86. The van der Waals surface area contributed by atoms with Crippen LogP contribution in [0, 0.1) is 36.5 Å². The molecule has 0 saturated heterocycles. The van der Waals surface area contributed by atoms with Crippen LogP contribution in [0.25, 0.3) is 0 Å². The Balaban J connectivity index is 2.40. The molecule has 0 spiro atoms. The number of anilines is 1. The number of hydrogen-bond donors (Lipinski definition) is 0. The van der Waals surface area contributed by atoms with Crippen LogP contribution >= 0.6 is 11.3 Å². The molecule has 2 aromatic rings. The van der Waals surface area contributed by atoms with Crippen LogP contribution in [0.1, 0.15) is 55.7 Å². The molecule has 0 N–H and O–H groups in total. The number of azo groups is 1. The Morgan fingerprint density at radius 3 is 2.21 bits per heavy atom. The number of nitrogens with zero attached hydrogens (tertiary/aromatic N) is 6. The predicted octanol–water partition coefficient (Wildman–Crippen LogP) is 6.63. The number of thiophene rings is 1. The van der Waals surface area contributed by atoms with Crippen LogP contribution in [0.4, 0.5) is 16.4 Å². The molecule has 2 rings (SSSR count). The van der Waals surface area contributed by atoms with Gasteiger partial charge in [0.1, 0.15) is 22.8 Å². The first-order chi connectivity index (χ1) is 16.3. The van der Waals surface area contributed by atoms with Crippen LogP contribution < -0.4 is 9.64 Å². The first kappa shape index (κ1) is 27.3. The van der Waals surface area contributed by atoms with Crippen molar-refractivity contribution in [3.05, 3.63) is 33.7 Å². The molecule has 0 unspecified atom stereocenters. The molecule has 182 valence electrons. The highest BCUT2D eigenvalue weighted by Gasteiger charge is 2.23. The van der Waals surface area contributed by atoms with Crippen LogP contribution in [-0.4, -0.2) is 50.9 Å². The molecular weight excluding hydrogens is 444 g/mol. The van der Waals surface area contributed by atoms with Crippen molar-refractivity contribution >= 4 is 27.7 Å². The molecule has 1 heterocycles. The van der Waals surface area contributed by atoms with Crippen molar-refractivity contribution in [3.8, 4) is 17.9 Å². The lowest BCUT2D eigenvalue weighted by Crippen LogP contribution is -2.51. The molecule has 0 saturated carbocycles. The largest absolute Gasteiger partial charge is 0.495 e. The summed E-state index contributed by atoms with van der Waals surface area (Å²) in [5.74, 6) is 0.760. The maximum absolute atomic E-state index is 9.47. The highest BCUT2D eigenvalue weighted by Crippen LogP contribution is 2.39. The lowest BCUT2D eigenvalue weighted by molar-refractivity contribution is -0.921. The van der Waals surface area contributed by atoms with Crippen molar-refractivity contribution in [2.24, 2.45) is 10.2 Å². The fourth-order valence-electron chi connectivity index (χ4n) is 4.19. The minimum atomic E-state index is 0.407. The van der Waals surface area contributed by atoms with E-state index in [2.05, 4.69) is 61.0 Å². The zero-order valence-corrected chi connectivity index (χ0v) is 22.4. The lowest BCUT2D eigenvalue weighted by atomic mass is 10.1. The maximum atomic E-state index is 9.47. The Kier molecular flexibility index (Phi) is 10.0. The molecule has 0 aliphatic carbocycles. The molecule has 0 aliphatic rings. The Morgan fingerprint density at radius 2 is 1.68 bits per heavy atom. The second kappa shape index (κ2) is 12.5. The van der Waals surface area contributed by atoms with E-state index in [1.54, 1.807) is 14.0 Å². The van der Waals surface area contributed by atoms with Crippen molar-refractivity contribution in [2.75, 3.05) is 51.3 Å². The molecule has 0 fully saturated rings. The second-order valence-electron chi connectivity index (χ2n) is 8.47. The van der Waals surface area contributed by atoms with Gasteiger partial charge in [0.05, 0.1) is 56.8 Å². The van der Waals surface area contributed by atoms with E-state index >= 15 is 0 Å². The molecule has 0 amide bonds. The number of methoxy groups -OCH3 is 1. The summed E-state index contributed by atoms with van der Waals surface area (Å²) in [7, 11) is 1.68. The van der Waals surface area contributed by atoms with Crippen molar-refractivity contribution in [3.63, 3.8) is 0 Å². The van der Waals surface area contributed by atoms with E-state index < -0.39 is 0 Å². The third-order valence-electron chi connectivity index (χ3n) is 6.78. The number of nitriles is 2. The first-order valence-corrected chi connectivity index (χ1v) is 12.8. The predicted molar refractivity (Wildman–Crippen MR) is 140 cm³/mol. The van der Waals surface area contributed by atoms with E-state index in [9.17, 15) is 10.5 Å². The summed E-state index contributed by atoms with van der Waals surface area (Å²) < 4.78 is 6.87. The van der Waals surface area contributed by atoms with Crippen molar-refractivity contribution < 1.29 is 9.22 Å². The van der Waals surface area contributed by atoms with Gasteiger partial charge < -0.3 is 14.1 Å². The van der Waals surface area contributed by atoms with Gasteiger partial charge >= 0.3 is 0 Å². The van der Waals surface area contributed by atoms with Crippen LogP contribution in [0.5, 0.6) is 5.75 Å². The van der Waals surface area contributed by atoms with E-state index in [1.807, 2.05) is 13.0 Å². The Bertz CT molecular complexity index is 1080. The summed E-state index contributed by atoms with van der Waals surface area (Å²) in [6.07, 6.45) is 1.05. The number of benzene rings is 1. The van der Waals surface area contributed by atoms with Crippen molar-refractivity contribution in [1.29, 1.82) is 10.5 Å². The van der Waals surface area contributed by atoms with Gasteiger partial charge in [0.25, 0.3) is 0 Å². The van der Waals surface area contributed by atoms with E-state index in [1.165, 1.54) is 11.3 Å². The summed E-state index contributed by atoms with van der Waals surface area (Å²) in [6.45, 7) is 19.2. The highest BCUT2D eigenvalue weighted by atomic mass is 32.1. The number of likely N-dealkylation sites (N-methyl/N-ethyl adjacent to an activating group) is 1. The van der Waals surface area contributed by atoms with Gasteiger partial charge in [-0.15, -0.1) is 21.6 Å². The van der Waals surface area contributed by atoms with E-state index in [0.717, 1.165) is 67.2 Å². The number of rotatable bonds is 12. The fourth-order valence-corrected chi connectivity index (χ4v) is 5.06.